The van der Waals surface area contributed by atoms with Gasteiger partial charge in [0, 0.05) is 0 Å². The summed E-state index contributed by atoms with van der Waals surface area (Å²) in [5, 5.41) is 0. The number of hydrogen-bond acceptors (Lipinski definition) is 0. The first-order valence-electron chi connectivity index (χ1n) is 2.78. The second-order valence-corrected chi connectivity index (χ2v) is 2.11. The molecule has 0 N–H and O–H groups in total. The van der Waals surface area contributed by atoms with Crippen molar-refractivity contribution in [3.05, 3.63) is 11.9 Å². The predicted octanol–water partition coefficient (Wildman–Crippen LogP) is 3.60. The molecule has 0 saturated heterocycles. The molecule has 0 aromatic heterocycles. The van der Waals surface area contributed by atoms with Crippen LogP contribution in [0.5, 0.6) is 0 Å². The Labute approximate surface area is 71.0 Å². The molecule has 0 atom stereocenters. The first kappa shape index (κ1) is 13.1. The molecule has 0 aliphatic rings. The van der Waals surface area contributed by atoms with Crippen molar-refractivity contribution in [2.75, 3.05) is 0 Å². The summed E-state index contributed by atoms with van der Waals surface area (Å²) < 4.78 is 103. The smallest absolute Gasteiger partial charge is 0.205 e. The molecule has 0 heterocycles. The molecule has 0 saturated carbocycles. The van der Waals surface area contributed by atoms with Gasteiger partial charge in [0.25, 0.3) is 0 Å². The first-order chi connectivity index (χ1) is 5.88. The van der Waals surface area contributed by atoms with Gasteiger partial charge in [0.1, 0.15) is 0 Å². The maximum Gasteiger partial charge on any atom is 0.460 e. The van der Waals surface area contributed by atoms with E-state index in [1.807, 2.05) is 0 Å². The maximum absolute atomic E-state index is 11.8. The van der Waals surface area contributed by atoms with E-state index in [4.69, 9.17) is 0 Å². The molecule has 0 unspecified atom stereocenters. The highest BCUT2D eigenvalue weighted by molar-refractivity contribution is 5.10. The summed E-state index contributed by atoms with van der Waals surface area (Å²) in [7, 11) is 0. The van der Waals surface area contributed by atoms with E-state index in [-0.39, 0.29) is 0 Å². The lowest BCUT2D eigenvalue weighted by molar-refractivity contribution is -0.271. The topological polar surface area (TPSA) is 0 Å². The second kappa shape index (κ2) is 3.35. The molecule has 0 rings (SSSR count). The zero-order chi connectivity index (χ0) is 11.8. The van der Waals surface area contributed by atoms with Crippen LogP contribution in [0.1, 0.15) is 0 Å². The fourth-order valence-corrected chi connectivity index (χ4v) is 0.370. The highest BCUT2D eigenvalue weighted by Gasteiger charge is 2.61. The van der Waals surface area contributed by atoms with Gasteiger partial charge >= 0.3 is 18.3 Å². The summed E-state index contributed by atoms with van der Waals surface area (Å²) in [6.45, 7) is 0. The maximum atomic E-state index is 11.8. The minimum absolute atomic E-state index is 1.74. The van der Waals surface area contributed by atoms with Gasteiger partial charge in [-0.05, 0) is 0 Å². The average molecular weight is 232 g/mol. The summed E-state index contributed by atoms with van der Waals surface area (Å²) in [4.78, 5) is 0. The van der Waals surface area contributed by atoms with Crippen LogP contribution in [0.3, 0.4) is 0 Å². The van der Waals surface area contributed by atoms with Crippen LogP contribution in [0.15, 0.2) is 11.9 Å². The molecule has 14 heavy (non-hydrogen) atoms. The van der Waals surface area contributed by atoms with E-state index in [9.17, 15) is 39.5 Å². The second-order valence-electron chi connectivity index (χ2n) is 2.11. The van der Waals surface area contributed by atoms with Crippen molar-refractivity contribution in [1.29, 1.82) is 0 Å². The molecule has 0 aliphatic carbocycles. The molecule has 0 aromatic carbocycles. The standard InChI is InChI=1S/C5HF9/c6-2(1-3(7,8)9)4(10,11)5(12,13)14/h1H/b2-1+. The number of allylic oxidation sites excluding steroid dienone is 2. The Hall–Kier alpha value is -0.890. The molecule has 0 amide bonds. The van der Waals surface area contributed by atoms with Crippen LogP contribution in [0.2, 0.25) is 0 Å². The molecule has 0 spiro atoms. The highest BCUT2D eigenvalue weighted by Crippen LogP contribution is 2.42. The van der Waals surface area contributed by atoms with E-state index in [1.54, 1.807) is 0 Å². The van der Waals surface area contributed by atoms with E-state index in [1.165, 1.54) is 0 Å². The van der Waals surface area contributed by atoms with Crippen LogP contribution in [0, 0.1) is 0 Å². The van der Waals surface area contributed by atoms with Gasteiger partial charge in [-0.15, -0.1) is 0 Å². The Balaban J connectivity index is 5.04. The number of hydrogen-bond donors (Lipinski definition) is 0. The Morgan fingerprint density at radius 1 is 0.786 bits per heavy atom. The summed E-state index contributed by atoms with van der Waals surface area (Å²) >= 11 is 0. The van der Waals surface area contributed by atoms with Crippen LogP contribution >= 0.6 is 0 Å². The van der Waals surface area contributed by atoms with E-state index >= 15 is 0 Å². The molecule has 0 nitrogen and oxygen atoms in total. The SMILES string of the molecule is F/C(=C/C(F)(F)F)C(F)(F)C(F)(F)F. The van der Waals surface area contributed by atoms with Crippen LogP contribution < -0.4 is 0 Å². The van der Waals surface area contributed by atoms with Gasteiger partial charge in [0.15, 0.2) is 5.83 Å². The van der Waals surface area contributed by atoms with Gasteiger partial charge in [-0.3, -0.25) is 0 Å². The lowest BCUT2D eigenvalue weighted by Crippen LogP contribution is -2.37. The third kappa shape index (κ3) is 3.11. The molecule has 84 valence electrons. The molecular weight excluding hydrogens is 231 g/mol. The molecule has 9 heteroatoms. The zero-order valence-corrected chi connectivity index (χ0v) is 5.98. The molecule has 0 bridgehead atoms. The average Bonchev–Trinajstić information content (AvgIpc) is 1.80. The minimum atomic E-state index is -6.39. The summed E-state index contributed by atoms with van der Waals surface area (Å²) in [6, 6.07) is 0. The molecular formula is C5HF9. The third-order valence-electron chi connectivity index (χ3n) is 0.946. The Morgan fingerprint density at radius 3 is 1.36 bits per heavy atom. The molecule has 0 fully saturated rings. The van der Waals surface area contributed by atoms with Crippen molar-refractivity contribution < 1.29 is 39.5 Å². The lowest BCUT2D eigenvalue weighted by Gasteiger charge is -2.17. The van der Waals surface area contributed by atoms with Gasteiger partial charge in [0.2, 0.25) is 0 Å². The van der Waals surface area contributed by atoms with Crippen molar-refractivity contribution in [3.8, 4) is 0 Å². The Kier molecular flexibility index (Phi) is 3.14. The Bertz CT molecular complexity index is 229. The van der Waals surface area contributed by atoms with Crippen molar-refractivity contribution in [2.24, 2.45) is 0 Å². The van der Waals surface area contributed by atoms with Gasteiger partial charge in [-0.1, -0.05) is 0 Å². The third-order valence-corrected chi connectivity index (χ3v) is 0.946. The predicted molar refractivity (Wildman–Crippen MR) is 26.2 cm³/mol. The van der Waals surface area contributed by atoms with Crippen LogP contribution in [0.25, 0.3) is 0 Å². The number of alkyl halides is 8. The largest absolute Gasteiger partial charge is 0.460 e. The summed E-state index contributed by atoms with van der Waals surface area (Å²) in [5.74, 6) is -9.71. The van der Waals surface area contributed by atoms with Crippen molar-refractivity contribution in [2.45, 2.75) is 18.3 Å². The molecule has 0 aromatic rings. The van der Waals surface area contributed by atoms with Crippen LogP contribution in [0.4, 0.5) is 39.5 Å². The van der Waals surface area contributed by atoms with E-state index in [2.05, 4.69) is 0 Å². The fourth-order valence-electron chi connectivity index (χ4n) is 0.370. The van der Waals surface area contributed by atoms with Crippen LogP contribution in [-0.4, -0.2) is 18.3 Å². The quantitative estimate of drug-likeness (QED) is 0.606. The zero-order valence-electron chi connectivity index (χ0n) is 5.98. The molecule has 0 radical (unpaired) electrons. The fraction of sp³-hybridized carbons (Fsp3) is 0.600. The normalized spacial score (nSPS) is 15.9. The number of rotatable bonds is 1. The summed E-state index contributed by atoms with van der Waals surface area (Å²) in [6.07, 6.45) is -13.7. The van der Waals surface area contributed by atoms with E-state index in [0.29, 0.717) is 0 Å². The van der Waals surface area contributed by atoms with Gasteiger partial charge < -0.3 is 0 Å². The Morgan fingerprint density at radius 2 is 1.14 bits per heavy atom. The first-order valence-corrected chi connectivity index (χ1v) is 2.78. The van der Waals surface area contributed by atoms with Gasteiger partial charge in [0.05, 0.1) is 6.08 Å². The van der Waals surface area contributed by atoms with Crippen molar-refractivity contribution in [3.63, 3.8) is 0 Å². The van der Waals surface area contributed by atoms with Gasteiger partial charge in [-0.2, -0.15) is 35.1 Å². The van der Waals surface area contributed by atoms with Crippen LogP contribution in [-0.2, 0) is 0 Å². The summed E-state index contributed by atoms with van der Waals surface area (Å²) in [5.41, 5.74) is 0. The molecule has 0 aliphatic heterocycles. The monoisotopic (exact) mass is 232 g/mol. The van der Waals surface area contributed by atoms with E-state index < -0.39 is 30.2 Å². The highest BCUT2D eigenvalue weighted by atomic mass is 19.4. The lowest BCUT2D eigenvalue weighted by atomic mass is 10.2. The van der Waals surface area contributed by atoms with Crippen molar-refractivity contribution >= 4 is 0 Å². The van der Waals surface area contributed by atoms with Crippen molar-refractivity contribution in [1.82, 2.24) is 0 Å². The van der Waals surface area contributed by atoms with Gasteiger partial charge in [-0.25, -0.2) is 4.39 Å². The minimum Gasteiger partial charge on any atom is -0.205 e. The van der Waals surface area contributed by atoms with E-state index in [0.717, 1.165) is 0 Å². The number of halogens is 9.